The van der Waals surface area contributed by atoms with Crippen LogP contribution in [-0.2, 0) is 26.2 Å². The van der Waals surface area contributed by atoms with Crippen LogP contribution in [0.2, 0.25) is 0 Å². The van der Waals surface area contributed by atoms with Crippen LogP contribution in [-0.4, -0.2) is 46.0 Å². The zero-order chi connectivity index (χ0) is 29.8. The molecule has 9 nitrogen and oxygen atoms in total. The molecule has 0 bridgehead atoms. The molecule has 0 fully saturated rings. The number of esters is 1. The fourth-order valence-electron chi connectivity index (χ4n) is 4.64. The van der Waals surface area contributed by atoms with Gasteiger partial charge in [-0.3, -0.25) is 9.36 Å². The number of aromatic nitrogens is 4. The minimum absolute atomic E-state index is 0.00523. The van der Waals surface area contributed by atoms with Gasteiger partial charge in [0.05, 0.1) is 23.3 Å². The van der Waals surface area contributed by atoms with E-state index < -0.39 is 16.0 Å². The van der Waals surface area contributed by atoms with E-state index in [2.05, 4.69) is 10.2 Å². The molecule has 0 spiro atoms. The highest BCUT2D eigenvalue weighted by molar-refractivity contribution is 7.99. The van der Waals surface area contributed by atoms with E-state index in [0.717, 1.165) is 5.56 Å². The van der Waals surface area contributed by atoms with Crippen molar-refractivity contribution >= 4 is 38.7 Å². The normalized spacial score (nSPS) is 11.5. The Morgan fingerprint density at radius 3 is 2.23 bits per heavy atom. The van der Waals surface area contributed by atoms with Gasteiger partial charge in [0, 0.05) is 22.8 Å². The van der Waals surface area contributed by atoms with Crippen LogP contribution < -0.4 is 4.74 Å². The van der Waals surface area contributed by atoms with E-state index in [0.29, 0.717) is 38.9 Å². The van der Waals surface area contributed by atoms with Crippen molar-refractivity contribution in [1.29, 1.82) is 0 Å². The van der Waals surface area contributed by atoms with E-state index in [1.54, 1.807) is 60.3 Å². The molecule has 0 atom stereocenters. The van der Waals surface area contributed by atoms with Crippen molar-refractivity contribution in [3.8, 4) is 22.8 Å². The number of hydrogen-bond donors (Lipinski definition) is 0. The molecule has 6 aromatic rings. The molecule has 2 aromatic heterocycles. The summed E-state index contributed by atoms with van der Waals surface area (Å²) in [5.41, 5.74) is 2.68. The third-order valence-electron chi connectivity index (χ3n) is 6.74. The second-order valence-electron chi connectivity index (χ2n) is 9.45. The smallest absolute Gasteiger partial charge is 0.316 e. The van der Waals surface area contributed by atoms with Gasteiger partial charge in [-0.2, -0.15) is 0 Å². The lowest BCUT2D eigenvalue weighted by Crippen LogP contribution is -2.11. The Labute approximate surface area is 252 Å². The summed E-state index contributed by atoms with van der Waals surface area (Å²) in [6, 6.07) is 32.3. The minimum Gasteiger partial charge on any atom is -0.497 e. The fourth-order valence-corrected chi connectivity index (χ4v) is 6.78. The number of nitrogens with zero attached hydrogens (tertiary/aromatic N) is 4. The van der Waals surface area contributed by atoms with Crippen molar-refractivity contribution in [2.45, 2.75) is 16.7 Å². The zero-order valence-corrected chi connectivity index (χ0v) is 24.7. The zero-order valence-electron chi connectivity index (χ0n) is 23.0. The van der Waals surface area contributed by atoms with Crippen LogP contribution in [0.1, 0.15) is 5.56 Å². The highest BCUT2D eigenvalue weighted by atomic mass is 32.2. The lowest BCUT2D eigenvalue weighted by molar-refractivity contribution is -0.141. The lowest BCUT2D eigenvalue weighted by atomic mass is 10.1. The van der Waals surface area contributed by atoms with Gasteiger partial charge < -0.3 is 9.47 Å². The molecular weight excluding hydrogens is 585 g/mol. The molecule has 0 amide bonds. The molecule has 4 aromatic carbocycles. The molecule has 0 N–H and O–H groups in total. The van der Waals surface area contributed by atoms with Crippen LogP contribution in [0.3, 0.4) is 0 Å². The first kappa shape index (κ1) is 28.3. The Bertz CT molecular complexity index is 1990. The van der Waals surface area contributed by atoms with Crippen LogP contribution in [0.4, 0.5) is 0 Å². The predicted molar refractivity (Wildman–Crippen MR) is 165 cm³/mol. The molecule has 6 rings (SSSR count). The average molecular weight is 611 g/mol. The molecule has 0 aliphatic rings. The molecule has 216 valence electrons. The monoisotopic (exact) mass is 610 g/mol. The molecule has 2 heterocycles. The Morgan fingerprint density at radius 1 is 0.837 bits per heavy atom. The molecule has 0 saturated heterocycles. The van der Waals surface area contributed by atoms with Gasteiger partial charge in [0.2, 0.25) is 0 Å². The number of carbonyl (C=O) groups excluding carboxylic acids is 1. The number of ether oxygens (including phenoxy) is 2. The standard InChI is InChI=1S/C32H26N4O5S2/c1-40-25-18-16-24(17-19-25)36-31(33-34-32(36)42-22-30(37)41-21-23-10-4-2-5-11-23)28-20-35(29-15-9-8-14-27(28)29)43(38,39)26-12-6-3-7-13-26/h2-20H,21-22H2,1H3. The first-order valence-electron chi connectivity index (χ1n) is 13.3. The molecule has 43 heavy (non-hydrogen) atoms. The summed E-state index contributed by atoms with van der Waals surface area (Å²) in [4.78, 5) is 12.8. The number of para-hydroxylation sites is 1. The van der Waals surface area contributed by atoms with Crippen LogP contribution in [0.5, 0.6) is 5.75 Å². The summed E-state index contributed by atoms with van der Waals surface area (Å²) >= 11 is 1.18. The van der Waals surface area contributed by atoms with Gasteiger partial charge in [-0.25, -0.2) is 12.4 Å². The number of carbonyl (C=O) groups is 1. The van der Waals surface area contributed by atoms with Crippen molar-refractivity contribution < 1.29 is 22.7 Å². The largest absolute Gasteiger partial charge is 0.497 e. The van der Waals surface area contributed by atoms with E-state index in [-0.39, 0.29) is 17.3 Å². The molecular formula is C32H26N4O5S2. The highest BCUT2D eigenvalue weighted by Crippen LogP contribution is 2.35. The Balaban J connectivity index is 1.40. The number of methoxy groups -OCH3 is 1. The van der Waals surface area contributed by atoms with Gasteiger partial charge in [0.15, 0.2) is 11.0 Å². The first-order chi connectivity index (χ1) is 21.0. The predicted octanol–water partition coefficient (Wildman–Crippen LogP) is 5.97. The molecule has 11 heteroatoms. The lowest BCUT2D eigenvalue weighted by Gasteiger charge is -2.11. The van der Waals surface area contributed by atoms with Crippen LogP contribution in [0.25, 0.3) is 28.0 Å². The summed E-state index contributed by atoms with van der Waals surface area (Å²) in [5, 5.41) is 10.0. The molecule has 0 unspecified atom stereocenters. The molecule has 0 aliphatic carbocycles. The van der Waals surface area contributed by atoms with Gasteiger partial charge in [0.1, 0.15) is 12.4 Å². The fraction of sp³-hybridized carbons (Fsp3) is 0.0938. The maximum Gasteiger partial charge on any atom is 0.316 e. The summed E-state index contributed by atoms with van der Waals surface area (Å²) in [6.45, 7) is 0.173. The highest BCUT2D eigenvalue weighted by Gasteiger charge is 2.25. The van der Waals surface area contributed by atoms with Crippen molar-refractivity contribution in [3.05, 3.63) is 121 Å². The van der Waals surface area contributed by atoms with E-state index in [1.165, 1.54) is 15.7 Å². The minimum atomic E-state index is -3.91. The van der Waals surface area contributed by atoms with Gasteiger partial charge >= 0.3 is 5.97 Å². The van der Waals surface area contributed by atoms with Crippen molar-refractivity contribution in [2.24, 2.45) is 0 Å². The second kappa shape index (κ2) is 12.2. The number of hydrogen-bond acceptors (Lipinski definition) is 8. The third kappa shape index (κ3) is 5.77. The molecule has 0 radical (unpaired) electrons. The van der Waals surface area contributed by atoms with Crippen LogP contribution in [0.15, 0.2) is 125 Å². The first-order valence-corrected chi connectivity index (χ1v) is 15.7. The van der Waals surface area contributed by atoms with E-state index >= 15 is 0 Å². The third-order valence-corrected chi connectivity index (χ3v) is 9.34. The SMILES string of the molecule is COc1ccc(-n2c(SCC(=O)OCc3ccccc3)nnc2-c2cn(S(=O)(=O)c3ccccc3)c3ccccc23)cc1. The number of thioether (sulfide) groups is 1. The quantitative estimate of drug-likeness (QED) is 0.138. The summed E-state index contributed by atoms with van der Waals surface area (Å²) < 4.78 is 41.3. The van der Waals surface area contributed by atoms with Crippen molar-refractivity contribution in [3.63, 3.8) is 0 Å². The summed E-state index contributed by atoms with van der Waals surface area (Å²) in [7, 11) is -2.32. The Hall–Kier alpha value is -4.87. The van der Waals surface area contributed by atoms with Gasteiger partial charge in [-0.15, -0.1) is 10.2 Å². The van der Waals surface area contributed by atoms with E-state index in [4.69, 9.17) is 9.47 Å². The van der Waals surface area contributed by atoms with Crippen LogP contribution in [0, 0.1) is 0 Å². The Kier molecular flexibility index (Phi) is 7.99. The van der Waals surface area contributed by atoms with Gasteiger partial charge in [-0.1, -0.05) is 78.5 Å². The van der Waals surface area contributed by atoms with Gasteiger partial charge in [0.25, 0.3) is 10.0 Å². The maximum absolute atomic E-state index is 13.7. The van der Waals surface area contributed by atoms with E-state index in [1.807, 2.05) is 66.7 Å². The van der Waals surface area contributed by atoms with Crippen molar-refractivity contribution in [1.82, 2.24) is 18.7 Å². The van der Waals surface area contributed by atoms with Crippen LogP contribution >= 0.6 is 11.8 Å². The number of benzene rings is 4. The maximum atomic E-state index is 13.7. The Morgan fingerprint density at radius 2 is 1.51 bits per heavy atom. The second-order valence-corrected chi connectivity index (χ2v) is 12.2. The van der Waals surface area contributed by atoms with Gasteiger partial charge in [-0.05, 0) is 48.0 Å². The number of rotatable bonds is 10. The average Bonchev–Trinajstić information content (AvgIpc) is 3.66. The summed E-state index contributed by atoms with van der Waals surface area (Å²) in [5.74, 6) is 0.696. The number of fused-ring (bicyclic) bond motifs is 1. The molecule has 0 saturated carbocycles. The molecule has 0 aliphatic heterocycles. The summed E-state index contributed by atoms with van der Waals surface area (Å²) in [6.07, 6.45) is 1.57. The van der Waals surface area contributed by atoms with E-state index in [9.17, 15) is 13.2 Å². The topological polar surface area (TPSA) is 105 Å². The van der Waals surface area contributed by atoms with Crippen molar-refractivity contribution in [2.75, 3.05) is 12.9 Å².